The molecule has 0 aliphatic carbocycles. The first-order valence-electron chi connectivity index (χ1n) is 12.2. The van der Waals surface area contributed by atoms with E-state index in [2.05, 4.69) is 5.32 Å². The standard InChI is InChI=1S/C30H25FN2O5S/c1-21-15-17-26(18-16-21)39(36,37)33-28(24-13-8-14-25(31)19-24)38-30(29(33)35,20-22-9-4-2-5-10-22)32-27(34)23-11-6-3-7-12-23/h2-19,28H,20H2,1H3,(H,32,34)/t28-,30-/m0/s1. The van der Waals surface area contributed by atoms with Crippen LogP contribution in [-0.2, 0) is 26.0 Å². The maximum absolute atomic E-state index is 14.3. The van der Waals surface area contributed by atoms with Gasteiger partial charge < -0.3 is 10.1 Å². The highest BCUT2D eigenvalue weighted by Gasteiger charge is 2.59. The summed E-state index contributed by atoms with van der Waals surface area (Å²) < 4.78 is 49.0. The smallest absolute Gasteiger partial charge is 0.292 e. The first-order chi connectivity index (χ1) is 18.7. The van der Waals surface area contributed by atoms with Crippen molar-refractivity contribution < 1.29 is 27.1 Å². The number of nitrogens with one attached hydrogen (secondary N) is 1. The van der Waals surface area contributed by atoms with E-state index in [0.29, 0.717) is 9.87 Å². The van der Waals surface area contributed by atoms with E-state index in [1.54, 1.807) is 79.7 Å². The largest absolute Gasteiger partial charge is 0.317 e. The second kappa shape index (κ2) is 10.4. The van der Waals surface area contributed by atoms with Crippen LogP contribution in [0.1, 0.15) is 33.3 Å². The number of halogens is 1. The lowest BCUT2D eigenvalue weighted by Gasteiger charge is -2.27. The number of hydrogen-bond donors (Lipinski definition) is 1. The van der Waals surface area contributed by atoms with Crippen molar-refractivity contribution in [1.82, 2.24) is 9.62 Å². The first kappa shape index (κ1) is 26.3. The molecule has 0 saturated carbocycles. The van der Waals surface area contributed by atoms with Gasteiger partial charge in [0.05, 0.1) is 4.90 Å². The van der Waals surface area contributed by atoms with Crippen molar-refractivity contribution in [1.29, 1.82) is 0 Å². The topological polar surface area (TPSA) is 92.8 Å². The third-order valence-corrected chi connectivity index (χ3v) is 8.17. The number of ether oxygens (including phenoxy) is 1. The molecule has 0 radical (unpaired) electrons. The van der Waals surface area contributed by atoms with Gasteiger partial charge in [0.15, 0.2) is 6.23 Å². The number of benzene rings is 4. The van der Waals surface area contributed by atoms with E-state index in [0.717, 1.165) is 11.6 Å². The van der Waals surface area contributed by atoms with Crippen LogP contribution in [0.2, 0.25) is 0 Å². The van der Waals surface area contributed by atoms with E-state index in [1.165, 1.54) is 30.3 Å². The molecule has 1 fully saturated rings. The van der Waals surface area contributed by atoms with Gasteiger partial charge in [0.1, 0.15) is 5.82 Å². The Labute approximate surface area is 225 Å². The van der Waals surface area contributed by atoms with Crippen molar-refractivity contribution in [3.05, 3.63) is 137 Å². The zero-order chi connectivity index (χ0) is 27.6. The van der Waals surface area contributed by atoms with Gasteiger partial charge in [-0.2, -0.15) is 4.31 Å². The second-order valence-corrected chi connectivity index (χ2v) is 11.1. The van der Waals surface area contributed by atoms with Gasteiger partial charge in [-0.1, -0.05) is 78.4 Å². The quantitative estimate of drug-likeness (QED) is 0.363. The van der Waals surface area contributed by atoms with Gasteiger partial charge >= 0.3 is 0 Å². The zero-order valence-corrected chi connectivity index (χ0v) is 21.8. The fourth-order valence-electron chi connectivity index (χ4n) is 4.47. The number of carbonyl (C=O) groups excluding carboxylic acids is 2. The minimum atomic E-state index is -4.49. The molecule has 4 aromatic rings. The molecule has 0 aromatic heterocycles. The Morgan fingerprint density at radius 2 is 1.56 bits per heavy atom. The van der Waals surface area contributed by atoms with Crippen molar-refractivity contribution in [2.24, 2.45) is 0 Å². The van der Waals surface area contributed by atoms with Crippen LogP contribution in [0.15, 0.2) is 114 Å². The number of sulfonamides is 1. The van der Waals surface area contributed by atoms with Crippen LogP contribution >= 0.6 is 0 Å². The molecule has 0 unspecified atom stereocenters. The van der Waals surface area contributed by atoms with Gasteiger partial charge in [0.2, 0.25) is 5.72 Å². The molecule has 1 heterocycles. The Balaban J connectivity index is 1.66. The van der Waals surface area contributed by atoms with Crippen LogP contribution in [0.5, 0.6) is 0 Å². The molecule has 0 bridgehead atoms. The predicted molar refractivity (Wildman–Crippen MR) is 142 cm³/mol. The molecule has 0 spiro atoms. The van der Waals surface area contributed by atoms with E-state index in [9.17, 15) is 22.4 Å². The van der Waals surface area contributed by atoms with E-state index in [1.807, 2.05) is 0 Å². The van der Waals surface area contributed by atoms with Gasteiger partial charge in [-0.3, -0.25) is 9.59 Å². The molecule has 198 valence electrons. The molecule has 1 saturated heterocycles. The van der Waals surface area contributed by atoms with Crippen LogP contribution in [-0.4, -0.2) is 30.3 Å². The van der Waals surface area contributed by atoms with Crippen molar-refractivity contribution in [2.45, 2.75) is 30.2 Å². The minimum absolute atomic E-state index is 0.0999. The molecular weight excluding hydrogens is 519 g/mol. The molecule has 2 amide bonds. The predicted octanol–water partition coefficient (Wildman–Crippen LogP) is 4.75. The molecule has 39 heavy (non-hydrogen) atoms. The summed E-state index contributed by atoms with van der Waals surface area (Å²) in [6.45, 7) is 1.81. The maximum atomic E-state index is 14.3. The van der Waals surface area contributed by atoms with E-state index >= 15 is 0 Å². The number of hydrogen-bond acceptors (Lipinski definition) is 5. The highest BCUT2D eigenvalue weighted by molar-refractivity contribution is 7.89. The average Bonchev–Trinajstić information content (AvgIpc) is 3.22. The molecule has 9 heteroatoms. The van der Waals surface area contributed by atoms with Gasteiger partial charge in [0, 0.05) is 17.5 Å². The Morgan fingerprint density at radius 3 is 2.21 bits per heavy atom. The lowest BCUT2D eigenvalue weighted by atomic mass is 10.0. The molecule has 1 aliphatic rings. The summed E-state index contributed by atoms with van der Waals surface area (Å²) in [5, 5.41) is 2.67. The van der Waals surface area contributed by atoms with Gasteiger partial charge in [-0.25, -0.2) is 12.8 Å². The van der Waals surface area contributed by atoms with Gasteiger partial charge in [-0.05, 0) is 48.9 Å². The minimum Gasteiger partial charge on any atom is -0.317 e. The fraction of sp³-hybridized carbons (Fsp3) is 0.133. The van der Waals surface area contributed by atoms with Gasteiger partial charge in [-0.15, -0.1) is 0 Å². The van der Waals surface area contributed by atoms with Crippen LogP contribution in [0.4, 0.5) is 4.39 Å². The number of amides is 2. The molecule has 7 nitrogen and oxygen atoms in total. The highest BCUT2D eigenvalue weighted by atomic mass is 32.2. The SMILES string of the molecule is Cc1ccc(S(=O)(=O)N2C(=O)[C@@](Cc3ccccc3)(NC(=O)c3ccccc3)O[C@H]2c2cccc(F)c2)cc1. The molecule has 5 rings (SSSR count). The zero-order valence-electron chi connectivity index (χ0n) is 21.0. The van der Waals surface area contributed by atoms with Crippen LogP contribution in [0.3, 0.4) is 0 Å². The van der Waals surface area contributed by atoms with Crippen molar-refractivity contribution in [3.63, 3.8) is 0 Å². The summed E-state index contributed by atoms with van der Waals surface area (Å²) in [6.07, 6.45) is -1.71. The number of nitrogens with zero attached hydrogens (tertiary/aromatic N) is 1. The van der Waals surface area contributed by atoms with Crippen molar-refractivity contribution in [2.75, 3.05) is 0 Å². The fourth-order valence-corrected chi connectivity index (χ4v) is 5.96. The third-order valence-electron chi connectivity index (χ3n) is 6.43. The highest BCUT2D eigenvalue weighted by Crippen LogP contribution is 2.42. The summed E-state index contributed by atoms with van der Waals surface area (Å²) in [6, 6.07) is 28.2. The summed E-state index contributed by atoms with van der Waals surface area (Å²) in [4.78, 5) is 27.5. The van der Waals surface area contributed by atoms with Crippen molar-refractivity contribution in [3.8, 4) is 0 Å². The Hall–Kier alpha value is -4.34. The van der Waals surface area contributed by atoms with Gasteiger partial charge in [0.25, 0.3) is 21.8 Å². The Kier molecular flexibility index (Phi) is 7.03. The summed E-state index contributed by atoms with van der Waals surface area (Å²) in [5.41, 5.74) is -0.311. The lowest BCUT2D eigenvalue weighted by Crippen LogP contribution is -2.57. The maximum Gasteiger partial charge on any atom is 0.292 e. The van der Waals surface area contributed by atoms with Crippen molar-refractivity contribution >= 4 is 21.8 Å². The van der Waals surface area contributed by atoms with E-state index < -0.39 is 39.6 Å². The van der Waals surface area contributed by atoms with E-state index in [4.69, 9.17) is 4.74 Å². The molecule has 1 aliphatic heterocycles. The lowest BCUT2D eigenvalue weighted by molar-refractivity contribution is -0.138. The molecule has 2 atom stereocenters. The Morgan fingerprint density at radius 1 is 0.923 bits per heavy atom. The molecular formula is C30H25FN2O5S. The Bertz CT molecular complexity index is 1610. The first-order valence-corrected chi connectivity index (χ1v) is 13.6. The third kappa shape index (κ3) is 5.19. The number of rotatable bonds is 7. The summed E-state index contributed by atoms with van der Waals surface area (Å²) in [5.74, 6) is -2.26. The summed E-state index contributed by atoms with van der Waals surface area (Å²) >= 11 is 0. The average molecular weight is 545 g/mol. The monoisotopic (exact) mass is 544 g/mol. The normalized spacial score (nSPS) is 19.2. The van der Waals surface area contributed by atoms with Crippen LogP contribution in [0, 0.1) is 12.7 Å². The van der Waals surface area contributed by atoms with Crippen LogP contribution < -0.4 is 5.32 Å². The number of carbonyl (C=O) groups is 2. The molecule has 4 aromatic carbocycles. The summed E-state index contributed by atoms with van der Waals surface area (Å²) in [7, 11) is -4.49. The van der Waals surface area contributed by atoms with Crippen LogP contribution in [0.25, 0.3) is 0 Å². The number of aryl methyl sites for hydroxylation is 1. The molecule has 1 N–H and O–H groups in total. The second-order valence-electron chi connectivity index (χ2n) is 9.25. The van der Waals surface area contributed by atoms with E-state index in [-0.39, 0.29) is 22.4 Å².